The van der Waals surface area contributed by atoms with E-state index in [0.717, 1.165) is 12.8 Å². The molecule has 82 valence electrons. The molecule has 0 atom stereocenters. The summed E-state index contributed by atoms with van der Waals surface area (Å²) in [7, 11) is 0. The molecule has 0 heterocycles. The molecule has 0 spiro atoms. The molecule has 0 amide bonds. The molecule has 0 bridgehead atoms. The number of unbranched alkanes of at least 4 members (excludes halogenated alkanes) is 5. The molecule has 0 aliphatic heterocycles. The van der Waals surface area contributed by atoms with Gasteiger partial charge >= 0.3 is 0 Å². The number of hydrogen-bond donors (Lipinski definition) is 3. The molecule has 0 fully saturated rings. The van der Waals surface area contributed by atoms with E-state index in [1.807, 2.05) is 0 Å². The lowest BCUT2D eigenvalue weighted by molar-refractivity contribution is 0.614. The molecule has 0 radical (unpaired) electrons. The van der Waals surface area contributed by atoms with Gasteiger partial charge in [-0.2, -0.15) is 0 Å². The van der Waals surface area contributed by atoms with Gasteiger partial charge in [-0.15, -0.1) is 0 Å². The van der Waals surface area contributed by atoms with Crippen molar-refractivity contribution in [2.24, 2.45) is 5.73 Å². The van der Waals surface area contributed by atoms with E-state index in [1.54, 1.807) is 0 Å². The van der Waals surface area contributed by atoms with Gasteiger partial charge in [0, 0.05) is 12.1 Å². The summed E-state index contributed by atoms with van der Waals surface area (Å²) in [6.07, 6.45) is 8.65. The third-order valence-electron chi connectivity index (χ3n) is 2.24. The van der Waals surface area contributed by atoms with E-state index >= 15 is 0 Å². The minimum absolute atomic E-state index is 0.112. The van der Waals surface area contributed by atoms with E-state index in [2.05, 4.69) is 6.92 Å². The largest absolute Gasteiger partial charge is 0.387 e. The summed E-state index contributed by atoms with van der Waals surface area (Å²) in [5.74, 6) is 0.112. The van der Waals surface area contributed by atoms with Crippen LogP contribution < -0.4 is 5.73 Å². The fourth-order valence-corrected chi connectivity index (χ4v) is 1.44. The van der Waals surface area contributed by atoms with E-state index < -0.39 is 0 Å². The van der Waals surface area contributed by atoms with Crippen LogP contribution in [-0.4, -0.2) is 11.5 Å². The zero-order valence-electron chi connectivity index (χ0n) is 9.23. The zero-order chi connectivity index (χ0) is 10.8. The second-order valence-corrected chi connectivity index (χ2v) is 3.82. The Morgan fingerprint density at radius 3 is 2.14 bits per heavy atom. The minimum Gasteiger partial charge on any atom is -0.387 e. The number of nitrogens with one attached hydrogen (secondary N) is 2. The summed E-state index contributed by atoms with van der Waals surface area (Å²) in [6, 6.07) is 0. The van der Waals surface area contributed by atoms with Gasteiger partial charge in [0.15, 0.2) is 0 Å². The maximum atomic E-state index is 7.51. The van der Waals surface area contributed by atoms with Crippen LogP contribution in [0.5, 0.6) is 0 Å². The molecule has 0 rings (SSSR count). The van der Waals surface area contributed by atoms with Crippen molar-refractivity contribution >= 4 is 11.5 Å². The highest BCUT2D eigenvalue weighted by Crippen LogP contribution is 2.07. The van der Waals surface area contributed by atoms with Crippen molar-refractivity contribution in [3.05, 3.63) is 0 Å². The smallest absolute Gasteiger partial charge is 0.0962 e. The van der Waals surface area contributed by atoms with Crippen LogP contribution in [0, 0.1) is 10.8 Å². The SMILES string of the molecule is CCCCCCCCC(=N)CC(=N)N. The fourth-order valence-electron chi connectivity index (χ4n) is 1.44. The first-order valence-corrected chi connectivity index (χ1v) is 5.56. The standard InChI is InChI=1S/C11H23N3/c1-2-3-4-5-6-7-8-10(12)9-11(13)14/h12H,2-9H2,1H3,(H3,13,14). The van der Waals surface area contributed by atoms with Crippen molar-refractivity contribution in [1.29, 1.82) is 10.8 Å². The van der Waals surface area contributed by atoms with Crippen molar-refractivity contribution < 1.29 is 0 Å². The monoisotopic (exact) mass is 197 g/mol. The van der Waals surface area contributed by atoms with E-state index in [4.69, 9.17) is 16.6 Å². The third-order valence-corrected chi connectivity index (χ3v) is 2.24. The molecule has 3 nitrogen and oxygen atoms in total. The van der Waals surface area contributed by atoms with Gasteiger partial charge in [-0.05, 0) is 12.8 Å². The van der Waals surface area contributed by atoms with Crippen molar-refractivity contribution in [2.75, 3.05) is 0 Å². The van der Waals surface area contributed by atoms with Gasteiger partial charge in [-0.25, -0.2) is 0 Å². The minimum atomic E-state index is 0.112. The summed E-state index contributed by atoms with van der Waals surface area (Å²) in [4.78, 5) is 0. The molecule has 0 aliphatic carbocycles. The Labute approximate surface area is 87.1 Å². The average Bonchev–Trinajstić information content (AvgIpc) is 2.10. The van der Waals surface area contributed by atoms with Gasteiger partial charge in [-0.1, -0.05) is 39.0 Å². The van der Waals surface area contributed by atoms with E-state index in [1.165, 1.54) is 32.1 Å². The Morgan fingerprint density at radius 1 is 1.00 bits per heavy atom. The zero-order valence-corrected chi connectivity index (χ0v) is 9.23. The molecule has 14 heavy (non-hydrogen) atoms. The number of hydrogen-bond acceptors (Lipinski definition) is 2. The first kappa shape index (κ1) is 13.1. The van der Waals surface area contributed by atoms with E-state index in [9.17, 15) is 0 Å². The fraction of sp³-hybridized carbons (Fsp3) is 0.818. The Bertz CT molecular complexity index is 175. The van der Waals surface area contributed by atoms with Crippen molar-refractivity contribution in [1.82, 2.24) is 0 Å². The second-order valence-electron chi connectivity index (χ2n) is 3.82. The summed E-state index contributed by atoms with van der Waals surface area (Å²) < 4.78 is 0. The van der Waals surface area contributed by atoms with Gasteiger partial charge in [0.25, 0.3) is 0 Å². The quantitative estimate of drug-likeness (QED) is 0.296. The van der Waals surface area contributed by atoms with Crippen LogP contribution in [0.15, 0.2) is 0 Å². The van der Waals surface area contributed by atoms with Crippen molar-refractivity contribution in [3.63, 3.8) is 0 Å². The highest BCUT2D eigenvalue weighted by Gasteiger charge is 1.98. The summed E-state index contributed by atoms with van der Waals surface area (Å²) >= 11 is 0. The molecular weight excluding hydrogens is 174 g/mol. The van der Waals surface area contributed by atoms with Gasteiger partial charge < -0.3 is 11.1 Å². The van der Waals surface area contributed by atoms with E-state index in [-0.39, 0.29) is 5.84 Å². The topological polar surface area (TPSA) is 73.7 Å². The van der Waals surface area contributed by atoms with Gasteiger partial charge in [0.05, 0.1) is 5.84 Å². The molecule has 0 saturated heterocycles. The molecule has 0 aliphatic rings. The Morgan fingerprint density at radius 2 is 1.57 bits per heavy atom. The molecule has 0 saturated carbocycles. The van der Waals surface area contributed by atoms with E-state index in [0.29, 0.717) is 12.1 Å². The number of rotatable bonds is 9. The van der Waals surface area contributed by atoms with Crippen LogP contribution in [0.4, 0.5) is 0 Å². The van der Waals surface area contributed by atoms with Crippen LogP contribution in [0.3, 0.4) is 0 Å². The number of amidine groups is 1. The molecular formula is C11H23N3. The highest BCUT2D eigenvalue weighted by molar-refractivity contribution is 5.99. The van der Waals surface area contributed by atoms with Crippen molar-refractivity contribution in [2.45, 2.75) is 58.3 Å². The van der Waals surface area contributed by atoms with Crippen LogP contribution in [0.1, 0.15) is 58.3 Å². The van der Waals surface area contributed by atoms with Gasteiger partial charge in [-0.3, -0.25) is 5.41 Å². The Kier molecular flexibility index (Phi) is 8.19. The Balaban J connectivity index is 3.19. The van der Waals surface area contributed by atoms with Crippen LogP contribution in [-0.2, 0) is 0 Å². The Hall–Kier alpha value is -0.860. The van der Waals surface area contributed by atoms with Crippen LogP contribution in [0.25, 0.3) is 0 Å². The molecule has 0 aromatic carbocycles. The highest BCUT2D eigenvalue weighted by atomic mass is 14.7. The maximum absolute atomic E-state index is 7.51. The lowest BCUT2D eigenvalue weighted by Crippen LogP contribution is -2.14. The molecule has 0 aromatic heterocycles. The number of nitrogens with two attached hydrogens (primary N) is 1. The molecule has 3 heteroatoms. The van der Waals surface area contributed by atoms with Crippen molar-refractivity contribution in [3.8, 4) is 0 Å². The predicted octanol–water partition coefficient (Wildman–Crippen LogP) is 3.08. The van der Waals surface area contributed by atoms with Gasteiger partial charge in [0.1, 0.15) is 0 Å². The second kappa shape index (κ2) is 8.73. The third kappa shape index (κ3) is 9.23. The lowest BCUT2D eigenvalue weighted by Gasteiger charge is -2.02. The maximum Gasteiger partial charge on any atom is 0.0962 e. The van der Waals surface area contributed by atoms with Crippen LogP contribution in [0.2, 0.25) is 0 Å². The summed E-state index contributed by atoms with van der Waals surface area (Å²) in [5.41, 5.74) is 5.81. The molecule has 4 N–H and O–H groups in total. The summed E-state index contributed by atoms with van der Waals surface area (Å²) in [5, 5.41) is 14.5. The predicted molar refractivity (Wildman–Crippen MR) is 62.3 cm³/mol. The average molecular weight is 197 g/mol. The normalized spacial score (nSPS) is 10.1. The molecule has 0 aromatic rings. The lowest BCUT2D eigenvalue weighted by atomic mass is 10.1. The van der Waals surface area contributed by atoms with Gasteiger partial charge in [0.2, 0.25) is 0 Å². The van der Waals surface area contributed by atoms with Crippen LogP contribution >= 0.6 is 0 Å². The first-order valence-electron chi connectivity index (χ1n) is 5.56. The molecule has 0 unspecified atom stereocenters. The first-order chi connectivity index (χ1) is 6.66. The summed E-state index contributed by atoms with van der Waals surface area (Å²) in [6.45, 7) is 2.21.